The summed E-state index contributed by atoms with van der Waals surface area (Å²) in [5.41, 5.74) is 0.266. The lowest BCUT2D eigenvalue weighted by molar-refractivity contribution is 0.00806. The highest BCUT2D eigenvalue weighted by Gasteiger charge is 2.20. The Morgan fingerprint density at radius 2 is 1.86 bits per heavy atom. The Bertz CT molecular complexity index is 450. The molecule has 4 nitrogen and oxygen atoms in total. The van der Waals surface area contributed by atoms with Gasteiger partial charge in [0, 0.05) is 23.7 Å². The molecule has 4 heteroatoms. The van der Waals surface area contributed by atoms with Crippen LogP contribution in [0, 0.1) is 0 Å². The molecule has 0 spiro atoms. The van der Waals surface area contributed by atoms with E-state index in [2.05, 4.69) is 26.1 Å². The minimum atomic E-state index is -0.822. The third kappa shape index (κ3) is 6.36. The Morgan fingerprint density at radius 1 is 1.19 bits per heavy atom. The van der Waals surface area contributed by atoms with Gasteiger partial charge in [-0.1, -0.05) is 13.0 Å². The van der Waals surface area contributed by atoms with Crippen LogP contribution in [-0.4, -0.2) is 30.0 Å². The fraction of sp³-hybridized carbons (Fsp3) is 0.647. The van der Waals surface area contributed by atoms with Crippen LogP contribution in [0.25, 0.3) is 0 Å². The first kappa shape index (κ1) is 17.8. The van der Waals surface area contributed by atoms with Gasteiger partial charge in [0.1, 0.15) is 18.1 Å². The maximum atomic E-state index is 10.1. The quantitative estimate of drug-likeness (QED) is 0.811. The highest BCUT2D eigenvalue weighted by atomic mass is 16.5. The van der Waals surface area contributed by atoms with Crippen molar-refractivity contribution in [2.75, 3.05) is 13.7 Å². The van der Waals surface area contributed by atoms with Crippen molar-refractivity contribution < 1.29 is 14.6 Å². The number of hydrogen-bond acceptors (Lipinski definition) is 4. The Hall–Kier alpha value is -1.26. The van der Waals surface area contributed by atoms with E-state index < -0.39 is 5.60 Å². The van der Waals surface area contributed by atoms with Gasteiger partial charge in [-0.3, -0.25) is 0 Å². The predicted molar refractivity (Wildman–Crippen MR) is 86.0 cm³/mol. The summed E-state index contributed by atoms with van der Waals surface area (Å²) in [6, 6.07) is 5.78. The van der Waals surface area contributed by atoms with Gasteiger partial charge in [0.2, 0.25) is 0 Å². The molecule has 0 aliphatic heterocycles. The van der Waals surface area contributed by atoms with Crippen molar-refractivity contribution in [3.63, 3.8) is 0 Å². The number of benzene rings is 1. The van der Waals surface area contributed by atoms with Crippen molar-refractivity contribution >= 4 is 0 Å². The minimum Gasteiger partial charge on any atom is -0.497 e. The number of methoxy groups -OCH3 is 1. The monoisotopic (exact) mass is 295 g/mol. The zero-order chi connectivity index (χ0) is 16.1. The largest absolute Gasteiger partial charge is 0.497 e. The lowest BCUT2D eigenvalue weighted by Gasteiger charge is -2.24. The lowest BCUT2D eigenvalue weighted by atomic mass is 10.1. The zero-order valence-corrected chi connectivity index (χ0v) is 14.1. The third-order valence-electron chi connectivity index (χ3n) is 3.38. The van der Waals surface area contributed by atoms with Crippen LogP contribution in [0.4, 0.5) is 0 Å². The molecule has 1 unspecified atom stereocenters. The van der Waals surface area contributed by atoms with E-state index in [0.29, 0.717) is 13.0 Å². The maximum absolute atomic E-state index is 10.1. The van der Waals surface area contributed by atoms with Gasteiger partial charge in [0.25, 0.3) is 0 Å². The molecule has 2 N–H and O–H groups in total. The normalized spacial score (nSPS) is 14.6. The van der Waals surface area contributed by atoms with Crippen molar-refractivity contribution in [3.05, 3.63) is 23.8 Å². The summed E-state index contributed by atoms with van der Waals surface area (Å²) in [6.45, 7) is 11.1. The van der Waals surface area contributed by atoms with Gasteiger partial charge in [-0.25, -0.2) is 0 Å². The molecule has 0 radical (unpaired) electrons. The molecule has 1 aromatic rings. The van der Waals surface area contributed by atoms with Gasteiger partial charge >= 0.3 is 0 Å². The molecule has 0 aliphatic carbocycles. The molecule has 0 saturated heterocycles. The van der Waals surface area contributed by atoms with Crippen LogP contribution < -0.4 is 14.8 Å². The van der Waals surface area contributed by atoms with Crippen LogP contribution >= 0.6 is 0 Å². The Morgan fingerprint density at radius 3 is 2.38 bits per heavy atom. The van der Waals surface area contributed by atoms with Gasteiger partial charge in [0.05, 0.1) is 12.7 Å². The van der Waals surface area contributed by atoms with Gasteiger partial charge < -0.3 is 19.9 Å². The minimum absolute atomic E-state index is 0.0338. The van der Waals surface area contributed by atoms with E-state index in [9.17, 15) is 5.11 Å². The van der Waals surface area contributed by atoms with Crippen LogP contribution in [0.1, 0.15) is 46.6 Å². The molecule has 0 fully saturated rings. The number of rotatable bonds is 7. The predicted octanol–water partition coefficient (Wildman–Crippen LogP) is 3.12. The molecule has 0 heterocycles. The van der Waals surface area contributed by atoms with Crippen molar-refractivity contribution in [2.45, 2.75) is 58.7 Å². The van der Waals surface area contributed by atoms with E-state index >= 15 is 0 Å². The van der Waals surface area contributed by atoms with Crippen LogP contribution in [0.3, 0.4) is 0 Å². The molecule has 1 atom stereocenters. The summed E-state index contributed by atoms with van der Waals surface area (Å²) in [4.78, 5) is 0. The summed E-state index contributed by atoms with van der Waals surface area (Å²) in [5.74, 6) is 1.50. The molecule has 21 heavy (non-hydrogen) atoms. The first-order valence-electron chi connectivity index (χ1n) is 7.44. The van der Waals surface area contributed by atoms with Crippen LogP contribution in [0.5, 0.6) is 11.5 Å². The number of ether oxygens (including phenoxy) is 2. The van der Waals surface area contributed by atoms with E-state index in [1.54, 1.807) is 14.0 Å². The topological polar surface area (TPSA) is 50.7 Å². The third-order valence-corrected chi connectivity index (χ3v) is 3.38. The van der Waals surface area contributed by atoms with E-state index in [1.165, 1.54) is 0 Å². The molecule has 0 saturated carbocycles. The molecule has 0 aromatic heterocycles. The fourth-order valence-corrected chi connectivity index (χ4v) is 1.64. The zero-order valence-electron chi connectivity index (χ0n) is 14.1. The van der Waals surface area contributed by atoms with Crippen LogP contribution in [0.2, 0.25) is 0 Å². The highest BCUT2D eigenvalue weighted by Crippen LogP contribution is 2.26. The molecule has 0 bridgehead atoms. The summed E-state index contributed by atoms with van der Waals surface area (Å²) < 4.78 is 11.1. The summed E-state index contributed by atoms with van der Waals surface area (Å²) >= 11 is 0. The van der Waals surface area contributed by atoms with Crippen LogP contribution in [0.15, 0.2) is 18.2 Å². The molecule has 1 rings (SSSR count). The standard InChI is InChI=1S/C17H29NO3/c1-7-17(5,19)12-21-15-10-14(20-6)9-8-13(15)11-18-16(2,3)4/h8-10,18-19H,7,11-12H2,1-6H3. The molecule has 0 aliphatic rings. The van der Waals surface area contributed by atoms with E-state index in [0.717, 1.165) is 17.1 Å². The SMILES string of the molecule is CCC(C)(O)COc1cc(OC)ccc1CNC(C)(C)C. The smallest absolute Gasteiger partial charge is 0.127 e. The maximum Gasteiger partial charge on any atom is 0.127 e. The molecular weight excluding hydrogens is 266 g/mol. The Kier molecular flexibility index (Phi) is 6.05. The average Bonchev–Trinajstić information content (AvgIpc) is 2.42. The van der Waals surface area contributed by atoms with Crippen molar-refractivity contribution in [3.8, 4) is 11.5 Å². The second kappa shape index (κ2) is 7.14. The Labute approximate surface area is 128 Å². The van der Waals surface area contributed by atoms with Crippen molar-refractivity contribution in [1.82, 2.24) is 5.32 Å². The molecule has 1 aromatic carbocycles. The number of nitrogens with one attached hydrogen (secondary N) is 1. The first-order valence-corrected chi connectivity index (χ1v) is 7.44. The van der Waals surface area contributed by atoms with Gasteiger partial charge in [-0.05, 0) is 40.2 Å². The summed E-state index contributed by atoms with van der Waals surface area (Å²) in [7, 11) is 1.63. The second-order valence-corrected chi connectivity index (χ2v) is 6.72. The molecule has 0 amide bonds. The number of aliphatic hydroxyl groups is 1. The van der Waals surface area contributed by atoms with Crippen LogP contribution in [-0.2, 0) is 6.54 Å². The van der Waals surface area contributed by atoms with Crippen molar-refractivity contribution in [2.24, 2.45) is 0 Å². The van der Waals surface area contributed by atoms with Crippen molar-refractivity contribution in [1.29, 1.82) is 0 Å². The second-order valence-electron chi connectivity index (χ2n) is 6.72. The molecular formula is C17H29NO3. The summed E-state index contributed by atoms with van der Waals surface area (Å²) in [5, 5.41) is 13.5. The Balaban J connectivity index is 2.86. The van der Waals surface area contributed by atoms with Gasteiger partial charge in [0.15, 0.2) is 0 Å². The van der Waals surface area contributed by atoms with E-state index in [1.807, 2.05) is 25.1 Å². The first-order chi connectivity index (χ1) is 9.67. The average molecular weight is 295 g/mol. The summed E-state index contributed by atoms with van der Waals surface area (Å²) in [6.07, 6.45) is 0.645. The highest BCUT2D eigenvalue weighted by molar-refractivity contribution is 5.40. The fourth-order valence-electron chi connectivity index (χ4n) is 1.64. The number of hydrogen-bond donors (Lipinski definition) is 2. The molecule has 120 valence electrons. The lowest BCUT2D eigenvalue weighted by Crippen LogP contribution is -2.35. The van der Waals surface area contributed by atoms with Gasteiger partial charge in [-0.2, -0.15) is 0 Å². The van der Waals surface area contributed by atoms with E-state index in [-0.39, 0.29) is 12.1 Å². The van der Waals surface area contributed by atoms with E-state index in [4.69, 9.17) is 9.47 Å². The van der Waals surface area contributed by atoms with Gasteiger partial charge in [-0.15, -0.1) is 0 Å².